The second-order valence-electron chi connectivity index (χ2n) is 4.98. The maximum absolute atomic E-state index is 13.1. The van der Waals surface area contributed by atoms with Gasteiger partial charge in [-0.25, -0.2) is 4.39 Å². The number of primary amides is 1. The minimum Gasteiger partial charge on any atom is -0.370 e. The number of halogens is 1. The number of rotatable bonds is 5. The number of carbonyl (C=O) groups is 2. The van der Waals surface area contributed by atoms with Crippen molar-refractivity contribution in [3.05, 3.63) is 51.5 Å². The van der Waals surface area contributed by atoms with Gasteiger partial charge in [0.2, 0.25) is 5.91 Å². The molecule has 2 aromatic rings. The van der Waals surface area contributed by atoms with E-state index in [9.17, 15) is 14.0 Å². The van der Waals surface area contributed by atoms with E-state index < -0.39 is 5.91 Å². The highest BCUT2D eigenvalue weighted by molar-refractivity contribution is 7.12. The van der Waals surface area contributed by atoms with Crippen LogP contribution in [-0.2, 0) is 4.79 Å². The van der Waals surface area contributed by atoms with Gasteiger partial charge < -0.3 is 10.6 Å². The van der Waals surface area contributed by atoms with Crippen LogP contribution in [0.5, 0.6) is 0 Å². The minimum absolute atomic E-state index is 0.0469. The number of nitrogens with two attached hydrogens (primary N) is 1. The SMILES string of the molecule is Cc1cc(C(=O)N(CCC(N)=O)c2ccc(F)cc2)c(C)s1. The topological polar surface area (TPSA) is 63.4 Å². The molecular weight excluding hydrogens is 303 g/mol. The Bertz CT molecular complexity index is 695. The quantitative estimate of drug-likeness (QED) is 0.920. The summed E-state index contributed by atoms with van der Waals surface area (Å²) in [5.41, 5.74) is 6.31. The fraction of sp³-hybridized carbons (Fsp3) is 0.250. The van der Waals surface area contributed by atoms with Gasteiger partial charge in [-0.3, -0.25) is 9.59 Å². The number of nitrogens with zero attached hydrogens (tertiary/aromatic N) is 1. The highest BCUT2D eigenvalue weighted by atomic mass is 32.1. The predicted molar refractivity (Wildman–Crippen MR) is 85.7 cm³/mol. The number of hydrogen-bond acceptors (Lipinski definition) is 3. The average molecular weight is 320 g/mol. The molecule has 2 amide bonds. The Labute approximate surface area is 132 Å². The van der Waals surface area contributed by atoms with Crippen molar-refractivity contribution in [3.8, 4) is 0 Å². The van der Waals surface area contributed by atoms with Crippen LogP contribution in [0.15, 0.2) is 30.3 Å². The van der Waals surface area contributed by atoms with Crippen molar-refractivity contribution in [1.82, 2.24) is 0 Å². The van der Waals surface area contributed by atoms with E-state index in [0.29, 0.717) is 11.3 Å². The van der Waals surface area contributed by atoms with Crippen molar-refractivity contribution in [2.75, 3.05) is 11.4 Å². The Morgan fingerprint density at radius 3 is 2.36 bits per heavy atom. The maximum Gasteiger partial charge on any atom is 0.259 e. The molecule has 4 nitrogen and oxygen atoms in total. The molecule has 116 valence electrons. The molecule has 0 aliphatic carbocycles. The van der Waals surface area contributed by atoms with Gasteiger partial charge in [0.15, 0.2) is 0 Å². The summed E-state index contributed by atoms with van der Waals surface area (Å²) in [4.78, 5) is 27.2. The molecule has 2 rings (SSSR count). The van der Waals surface area contributed by atoms with Crippen LogP contribution in [0.25, 0.3) is 0 Å². The molecule has 0 bridgehead atoms. The summed E-state index contributed by atoms with van der Waals surface area (Å²) < 4.78 is 13.1. The lowest BCUT2D eigenvalue weighted by Crippen LogP contribution is -2.34. The first-order chi connectivity index (χ1) is 10.4. The normalized spacial score (nSPS) is 10.5. The third-order valence-corrected chi connectivity index (χ3v) is 4.20. The molecule has 0 radical (unpaired) electrons. The number of anilines is 1. The van der Waals surface area contributed by atoms with E-state index >= 15 is 0 Å². The monoisotopic (exact) mass is 320 g/mol. The zero-order chi connectivity index (χ0) is 16.3. The molecule has 0 aliphatic rings. The van der Waals surface area contributed by atoms with Gasteiger partial charge >= 0.3 is 0 Å². The molecule has 0 fully saturated rings. The fourth-order valence-corrected chi connectivity index (χ4v) is 3.10. The molecule has 0 unspecified atom stereocenters. The van der Waals surface area contributed by atoms with Gasteiger partial charge in [-0.05, 0) is 44.2 Å². The first-order valence-corrected chi connectivity index (χ1v) is 7.63. The van der Waals surface area contributed by atoms with Gasteiger partial charge in [0.05, 0.1) is 5.56 Å². The van der Waals surface area contributed by atoms with Crippen molar-refractivity contribution >= 4 is 28.8 Å². The van der Waals surface area contributed by atoms with Crippen LogP contribution < -0.4 is 10.6 Å². The summed E-state index contributed by atoms with van der Waals surface area (Å²) in [5, 5.41) is 0. The number of benzene rings is 1. The third-order valence-electron chi connectivity index (χ3n) is 3.24. The van der Waals surface area contributed by atoms with E-state index in [1.165, 1.54) is 40.5 Å². The predicted octanol–water partition coefficient (Wildman–Crippen LogP) is 3.03. The largest absolute Gasteiger partial charge is 0.370 e. The summed E-state index contributed by atoms with van der Waals surface area (Å²) in [6.45, 7) is 3.97. The third kappa shape index (κ3) is 3.71. The van der Waals surface area contributed by atoms with Crippen LogP contribution in [0.1, 0.15) is 26.5 Å². The lowest BCUT2D eigenvalue weighted by atomic mass is 10.2. The van der Waals surface area contributed by atoms with Crippen LogP contribution in [-0.4, -0.2) is 18.4 Å². The Morgan fingerprint density at radius 1 is 1.23 bits per heavy atom. The molecule has 0 spiro atoms. The van der Waals surface area contributed by atoms with E-state index in [0.717, 1.165) is 9.75 Å². The van der Waals surface area contributed by atoms with E-state index in [-0.39, 0.29) is 24.7 Å². The van der Waals surface area contributed by atoms with Gasteiger partial charge in [0.25, 0.3) is 5.91 Å². The van der Waals surface area contributed by atoms with Gasteiger partial charge in [0, 0.05) is 28.4 Å². The van der Waals surface area contributed by atoms with E-state index in [4.69, 9.17) is 5.73 Å². The number of amides is 2. The van der Waals surface area contributed by atoms with Crippen LogP contribution in [0, 0.1) is 19.7 Å². The van der Waals surface area contributed by atoms with E-state index in [1.54, 1.807) is 0 Å². The molecule has 0 saturated heterocycles. The van der Waals surface area contributed by atoms with Crippen LogP contribution >= 0.6 is 11.3 Å². The molecule has 2 N–H and O–H groups in total. The first kappa shape index (κ1) is 16.2. The van der Waals surface area contributed by atoms with Crippen LogP contribution in [0.3, 0.4) is 0 Å². The maximum atomic E-state index is 13.1. The molecular formula is C16H17FN2O2S. The van der Waals surface area contributed by atoms with E-state index in [2.05, 4.69) is 0 Å². The smallest absolute Gasteiger partial charge is 0.259 e. The Balaban J connectivity index is 2.34. The van der Waals surface area contributed by atoms with Crippen molar-refractivity contribution < 1.29 is 14.0 Å². The average Bonchev–Trinajstić information content (AvgIpc) is 2.79. The highest BCUT2D eigenvalue weighted by Crippen LogP contribution is 2.25. The fourth-order valence-electron chi connectivity index (χ4n) is 2.18. The summed E-state index contributed by atoms with van der Waals surface area (Å²) >= 11 is 1.54. The summed E-state index contributed by atoms with van der Waals surface area (Å²) in [7, 11) is 0. The Morgan fingerprint density at radius 2 is 1.86 bits per heavy atom. The molecule has 0 atom stereocenters. The second-order valence-corrected chi connectivity index (χ2v) is 6.44. The first-order valence-electron chi connectivity index (χ1n) is 6.81. The van der Waals surface area contributed by atoms with Gasteiger partial charge in [-0.15, -0.1) is 11.3 Å². The summed E-state index contributed by atoms with van der Waals surface area (Å²) in [5.74, 6) is -1.08. The van der Waals surface area contributed by atoms with Crippen LogP contribution in [0.2, 0.25) is 0 Å². The van der Waals surface area contributed by atoms with Gasteiger partial charge in [0.1, 0.15) is 5.82 Å². The molecule has 0 aliphatic heterocycles. The highest BCUT2D eigenvalue weighted by Gasteiger charge is 2.21. The number of aryl methyl sites for hydroxylation is 2. The zero-order valence-electron chi connectivity index (χ0n) is 12.4. The van der Waals surface area contributed by atoms with E-state index in [1.807, 2.05) is 19.9 Å². The lowest BCUT2D eigenvalue weighted by molar-refractivity contribution is -0.117. The number of hydrogen-bond donors (Lipinski definition) is 1. The number of carbonyl (C=O) groups excluding carboxylic acids is 2. The van der Waals surface area contributed by atoms with Gasteiger partial charge in [-0.2, -0.15) is 0 Å². The van der Waals surface area contributed by atoms with Crippen molar-refractivity contribution in [1.29, 1.82) is 0 Å². The van der Waals surface area contributed by atoms with Crippen molar-refractivity contribution in [2.24, 2.45) is 5.73 Å². The standard InChI is InChI=1S/C16H17FN2O2S/c1-10-9-14(11(2)22-10)16(21)19(8-7-15(18)20)13-5-3-12(17)4-6-13/h3-6,9H,7-8H2,1-2H3,(H2,18,20). The van der Waals surface area contributed by atoms with Crippen molar-refractivity contribution in [3.63, 3.8) is 0 Å². The molecule has 1 aromatic heterocycles. The zero-order valence-corrected chi connectivity index (χ0v) is 13.2. The second kappa shape index (κ2) is 6.70. The van der Waals surface area contributed by atoms with Crippen LogP contribution in [0.4, 0.5) is 10.1 Å². The minimum atomic E-state index is -0.488. The Hall–Kier alpha value is -2.21. The Kier molecular flexibility index (Phi) is 4.92. The molecule has 6 heteroatoms. The lowest BCUT2D eigenvalue weighted by Gasteiger charge is -2.22. The molecule has 1 heterocycles. The molecule has 0 saturated carbocycles. The summed E-state index contributed by atoms with van der Waals surface area (Å²) in [6.07, 6.45) is 0.0469. The van der Waals surface area contributed by atoms with Crippen molar-refractivity contribution in [2.45, 2.75) is 20.3 Å². The molecule has 1 aromatic carbocycles. The van der Waals surface area contributed by atoms with Gasteiger partial charge in [-0.1, -0.05) is 0 Å². The summed E-state index contributed by atoms with van der Waals surface area (Å²) in [6, 6.07) is 7.42. The molecule has 22 heavy (non-hydrogen) atoms. The number of thiophene rings is 1.